The van der Waals surface area contributed by atoms with Crippen molar-refractivity contribution in [2.75, 3.05) is 19.6 Å². The molecule has 1 aromatic heterocycles. The molecule has 4 rings (SSSR count). The van der Waals surface area contributed by atoms with E-state index in [0.29, 0.717) is 31.3 Å². The van der Waals surface area contributed by atoms with Gasteiger partial charge >= 0.3 is 5.97 Å². The van der Waals surface area contributed by atoms with E-state index in [1.54, 1.807) is 0 Å². The molecule has 0 radical (unpaired) electrons. The first-order valence-electron chi connectivity index (χ1n) is 9.00. The quantitative estimate of drug-likeness (QED) is 0.873. The molecule has 1 saturated carbocycles. The molecule has 8 heteroatoms. The van der Waals surface area contributed by atoms with Gasteiger partial charge in [-0.2, -0.15) is 0 Å². The van der Waals surface area contributed by atoms with E-state index in [0.717, 1.165) is 44.7 Å². The van der Waals surface area contributed by atoms with Crippen LogP contribution in [0.3, 0.4) is 0 Å². The minimum atomic E-state index is -0.895. The average molecular weight is 348 g/mol. The summed E-state index contributed by atoms with van der Waals surface area (Å²) in [6.45, 7) is 4.38. The highest BCUT2D eigenvalue weighted by Crippen LogP contribution is 2.44. The van der Waals surface area contributed by atoms with Gasteiger partial charge in [0.05, 0.1) is 6.54 Å². The SMILES string of the molecule is CC(=O)N1CC2(CCN(Cc3nnc(C4CC4)o3)CC2)C[C@@H]1C(=O)O. The number of amides is 1. The summed E-state index contributed by atoms with van der Waals surface area (Å²) in [5.74, 6) is 0.853. The lowest BCUT2D eigenvalue weighted by Gasteiger charge is -2.38. The Hall–Kier alpha value is -1.96. The molecule has 8 nitrogen and oxygen atoms in total. The van der Waals surface area contributed by atoms with Crippen molar-refractivity contribution in [1.29, 1.82) is 0 Å². The van der Waals surface area contributed by atoms with E-state index in [9.17, 15) is 14.7 Å². The van der Waals surface area contributed by atoms with Gasteiger partial charge in [0.1, 0.15) is 6.04 Å². The highest BCUT2D eigenvalue weighted by atomic mass is 16.4. The summed E-state index contributed by atoms with van der Waals surface area (Å²) in [5, 5.41) is 17.7. The van der Waals surface area contributed by atoms with Crippen molar-refractivity contribution in [3.05, 3.63) is 11.8 Å². The summed E-state index contributed by atoms with van der Waals surface area (Å²) in [5.41, 5.74) is -0.0702. The number of piperidine rings is 1. The molecule has 0 unspecified atom stereocenters. The molecular formula is C17H24N4O4. The smallest absolute Gasteiger partial charge is 0.326 e. The van der Waals surface area contributed by atoms with E-state index in [4.69, 9.17) is 4.42 Å². The fourth-order valence-electron chi connectivity index (χ4n) is 4.17. The zero-order valence-corrected chi connectivity index (χ0v) is 14.5. The summed E-state index contributed by atoms with van der Waals surface area (Å²) in [4.78, 5) is 27.1. The number of hydrogen-bond donors (Lipinski definition) is 1. The Labute approximate surface area is 146 Å². The molecule has 2 saturated heterocycles. The number of carboxylic acid groups (broad SMARTS) is 1. The molecule has 2 aliphatic heterocycles. The van der Waals surface area contributed by atoms with Gasteiger partial charge < -0.3 is 14.4 Å². The molecule has 3 heterocycles. The Morgan fingerprint density at radius 3 is 2.56 bits per heavy atom. The van der Waals surface area contributed by atoms with Crippen molar-refractivity contribution in [2.45, 2.75) is 57.5 Å². The Morgan fingerprint density at radius 2 is 2.00 bits per heavy atom. The van der Waals surface area contributed by atoms with Crippen LogP contribution in [0.4, 0.5) is 0 Å². The standard InChI is InChI=1S/C17H24N4O4/c1-11(22)21-10-17(8-13(21)16(23)24)4-6-20(7-5-17)9-14-18-19-15(25-14)12-2-3-12/h12-13H,2-10H2,1H3,(H,23,24)/t13-/m1/s1. The lowest BCUT2D eigenvalue weighted by atomic mass is 9.76. The Morgan fingerprint density at radius 1 is 1.28 bits per heavy atom. The molecule has 1 aliphatic carbocycles. The number of nitrogens with zero attached hydrogens (tertiary/aromatic N) is 4. The van der Waals surface area contributed by atoms with Crippen LogP contribution in [-0.4, -0.2) is 62.7 Å². The van der Waals surface area contributed by atoms with Gasteiger partial charge in [-0.3, -0.25) is 9.69 Å². The second-order valence-corrected chi connectivity index (χ2v) is 7.79. The van der Waals surface area contributed by atoms with Crippen molar-refractivity contribution >= 4 is 11.9 Å². The highest BCUT2D eigenvalue weighted by molar-refractivity contribution is 5.83. The van der Waals surface area contributed by atoms with Gasteiger partial charge in [-0.25, -0.2) is 4.79 Å². The number of hydrogen-bond acceptors (Lipinski definition) is 6. The van der Waals surface area contributed by atoms with Crippen LogP contribution < -0.4 is 0 Å². The van der Waals surface area contributed by atoms with E-state index < -0.39 is 12.0 Å². The minimum absolute atomic E-state index is 0.0702. The van der Waals surface area contributed by atoms with Crippen LogP contribution in [-0.2, 0) is 16.1 Å². The zero-order valence-electron chi connectivity index (χ0n) is 14.5. The molecule has 3 aliphatic rings. The molecule has 136 valence electrons. The molecule has 1 amide bonds. The third-order valence-electron chi connectivity index (χ3n) is 5.88. The number of carbonyl (C=O) groups excluding carboxylic acids is 1. The van der Waals surface area contributed by atoms with E-state index in [-0.39, 0.29) is 11.3 Å². The van der Waals surface area contributed by atoms with Gasteiger partial charge in [0.25, 0.3) is 0 Å². The Kier molecular flexibility index (Phi) is 4.02. The van der Waals surface area contributed by atoms with Gasteiger partial charge in [0.15, 0.2) is 0 Å². The molecule has 0 aromatic carbocycles. The molecular weight excluding hydrogens is 324 g/mol. The third kappa shape index (κ3) is 3.27. The predicted octanol–water partition coefficient (Wildman–Crippen LogP) is 1.23. The maximum Gasteiger partial charge on any atom is 0.326 e. The molecule has 0 bridgehead atoms. The normalized spacial score (nSPS) is 26.3. The van der Waals surface area contributed by atoms with Crippen LogP contribution in [0.15, 0.2) is 4.42 Å². The minimum Gasteiger partial charge on any atom is -0.480 e. The largest absolute Gasteiger partial charge is 0.480 e. The summed E-state index contributed by atoms with van der Waals surface area (Å²) < 4.78 is 5.73. The monoisotopic (exact) mass is 348 g/mol. The second kappa shape index (κ2) is 6.09. The van der Waals surface area contributed by atoms with Gasteiger partial charge in [-0.05, 0) is 50.6 Å². The predicted molar refractivity (Wildman–Crippen MR) is 86.6 cm³/mol. The number of likely N-dealkylation sites (tertiary alicyclic amines) is 2. The second-order valence-electron chi connectivity index (χ2n) is 7.79. The van der Waals surface area contributed by atoms with Crippen LogP contribution in [0.5, 0.6) is 0 Å². The van der Waals surface area contributed by atoms with Crippen molar-refractivity contribution in [3.8, 4) is 0 Å². The van der Waals surface area contributed by atoms with Crippen LogP contribution in [0.2, 0.25) is 0 Å². The maximum absolute atomic E-state index is 11.8. The topological polar surface area (TPSA) is 99.8 Å². The van der Waals surface area contributed by atoms with Gasteiger partial charge in [-0.1, -0.05) is 0 Å². The van der Waals surface area contributed by atoms with Crippen LogP contribution in [0.1, 0.15) is 56.7 Å². The number of carboxylic acids is 1. The zero-order chi connectivity index (χ0) is 17.6. The lowest BCUT2D eigenvalue weighted by Crippen LogP contribution is -2.42. The van der Waals surface area contributed by atoms with Crippen molar-refractivity contribution in [2.24, 2.45) is 5.41 Å². The van der Waals surface area contributed by atoms with E-state index in [1.807, 2.05) is 0 Å². The molecule has 1 atom stereocenters. The average Bonchev–Trinajstić information content (AvgIpc) is 3.20. The van der Waals surface area contributed by atoms with Crippen LogP contribution >= 0.6 is 0 Å². The number of rotatable bonds is 4. The van der Waals surface area contributed by atoms with Crippen molar-refractivity contribution < 1.29 is 19.1 Å². The maximum atomic E-state index is 11.8. The summed E-state index contributed by atoms with van der Waals surface area (Å²) in [7, 11) is 0. The van der Waals surface area contributed by atoms with E-state index in [2.05, 4.69) is 15.1 Å². The van der Waals surface area contributed by atoms with Crippen LogP contribution in [0, 0.1) is 5.41 Å². The van der Waals surface area contributed by atoms with Crippen molar-refractivity contribution in [1.82, 2.24) is 20.0 Å². The Balaban J connectivity index is 1.35. The first-order chi connectivity index (χ1) is 12.0. The number of aromatic nitrogens is 2. The summed E-state index contributed by atoms with van der Waals surface area (Å²) in [6, 6.07) is -0.680. The summed E-state index contributed by atoms with van der Waals surface area (Å²) >= 11 is 0. The highest BCUT2D eigenvalue weighted by Gasteiger charge is 2.49. The molecule has 1 aromatic rings. The van der Waals surface area contributed by atoms with Crippen molar-refractivity contribution in [3.63, 3.8) is 0 Å². The fourth-order valence-corrected chi connectivity index (χ4v) is 4.17. The first-order valence-corrected chi connectivity index (χ1v) is 9.00. The molecule has 1 spiro atoms. The lowest BCUT2D eigenvalue weighted by molar-refractivity contribution is -0.147. The molecule has 3 fully saturated rings. The fraction of sp³-hybridized carbons (Fsp3) is 0.765. The van der Waals surface area contributed by atoms with Gasteiger partial charge in [0, 0.05) is 19.4 Å². The van der Waals surface area contributed by atoms with Gasteiger partial charge in [0.2, 0.25) is 17.7 Å². The Bertz CT molecular complexity index is 652. The number of aliphatic carboxylic acids is 1. The summed E-state index contributed by atoms with van der Waals surface area (Å²) in [6.07, 6.45) is 4.63. The molecule has 25 heavy (non-hydrogen) atoms. The van der Waals surface area contributed by atoms with E-state index >= 15 is 0 Å². The van der Waals surface area contributed by atoms with Crippen LogP contribution in [0.25, 0.3) is 0 Å². The van der Waals surface area contributed by atoms with Gasteiger partial charge in [-0.15, -0.1) is 10.2 Å². The first kappa shape index (κ1) is 16.5. The molecule has 1 N–H and O–H groups in total. The third-order valence-corrected chi connectivity index (χ3v) is 5.88. The number of carbonyl (C=O) groups is 2. The van der Waals surface area contributed by atoms with E-state index in [1.165, 1.54) is 11.8 Å².